The van der Waals surface area contributed by atoms with Crippen molar-refractivity contribution < 1.29 is 9.18 Å². The van der Waals surface area contributed by atoms with Crippen LogP contribution < -0.4 is 10.6 Å². The fraction of sp³-hybridized carbons (Fsp3) is 0.179. The number of nitrogens with one attached hydrogen (secondary N) is 3. The van der Waals surface area contributed by atoms with Crippen LogP contribution >= 0.6 is 0 Å². The van der Waals surface area contributed by atoms with Gasteiger partial charge in [-0.05, 0) is 73.8 Å². The van der Waals surface area contributed by atoms with E-state index in [0.29, 0.717) is 16.7 Å². The molecule has 1 amide bonds. The molecule has 3 aromatic heterocycles. The Morgan fingerprint density at radius 2 is 1.89 bits per heavy atom. The first-order valence-corrected chi connectivity index (χ1v) is 11.8. The Morgan fingerprint density at radius 1 is 1.00 bits per heavy atom. The van der Waals surface area contributed by atoms with Crippen molar-refractivity contribution in [3.8, 4) is 22.4 Å². The highest BCUT2D eigenvalue weighted by atomic mass is 19.1. The van der Waals surface area contributed by atoms with Crippen molar-refractivity contribution in [3.63, 3.8) is 0 Å². The summed E-state index contributed by atoms with van der Waals surface area (Å²) in [6.07, 6.45) is 8.40. The van der Waals surface area contributed by atoms with Gasteiger partial charge in [0.25, 0.3) is 5.91 Å². The Bertz CT molecular complexity index is 1520. The number of aromatic nitrogens is 3. The second kappa shape index (κ2) is 8.92. The zero-order valence-corrected chi connectivity index (χ0v) is 19.0. The van der Waals surface area contributed by atoms with Gasteiger partial charge in [0.05, 0.1) is 23.6 Å². The lowest BCUT2D eigenvalue weighted by Crippen LogP contribution is -2.47. The molecule has 1 atom stereocenters. The van der Waals surface area contributed by atoms with E-state index in [1.165, 1.54) is 6.07 Å². The van der Waals surface area contributed by atoms with Crippen LogP contribution in [0, 0.1) is 5.82 Å². The van der Waals surface area contributed by atoms with E-state index in [2.05, 4.69) is 25.6 Å². The van der Waals surface area contributed by atoms with E-state index in [-0.39, 0.29) is 17.9 Å². The lowest BCUT2D eigenvalue weighted by atomic mass is 9.97. The molecule has 0 bridgehead atoms. The van der Waals surface area contributed by atoms with Crippen molar-refractivity contribution in [2.24, 2.45) is 0 Å². The number of aromatic amines is 1. The van der Waals surface area contributed by atoms with E-state index in [1.807, 2.05) is 30.3 Å². The molecule has 6 rings (SSSR count). The number of hydrogen-bond donors (Lipinski definition) is 3. The Balaban J connectivity index is 1.40. The van der Waals surface area contributed by atoms with E-state index < -0.39 is 0 Å². The first-order chi connectivity index (χ1) is 17.2. The monoisotopic (exact) mass is 465 g/mol. The summed E-state index contributed by atoms with van der Waals surface area (Å²) in [4.78, 5) is 24.8. The number of amides is 1. The first-order valence-electron chi connectivity index (χ1n) is 11.8. The summed E-state index contributed by atoms with van der Waals surface area (Å²) < 4.78 is 15.3. The fourth-order valence-corrected chi connectivity index (χ4v) is 4.83. The molecule has 174 valence electrons. The average molecular weight is 466 g/mol. The molecule has 6 nitrogen and oxygen atoms in total. The Hall–Kier alpha value is -4.10. The quantitative estimate of drug-likeness (QED) is 0.331. The number of rotatable bonds is 4. The maximum Gasteiger partial charge on any atom is 0.252 e. The van der Waals surface area contributed by atoms with Gasteiger partial charge in [-0.2, -0.15) is 0 Å². The molecule has 1 aliphatic heterocycles. The zero-order valence-electron chi connectivity index (χ0n) is 19.0. The van der Waals surface area contributed by atoms with Crippen LogP contribution in [0.5, 0.6) is 0 Å². The first kappa shape index (κ1) is 21.4. The van der Waals surface area contributed by atoms with Gasteiger partial charge in [0.2, 0.25) is 0 Å². The molecule has 7 heteroatoms. The smallest absolute Gasteiger partial charge is 0.252 e. The molecule has 35 heavy (non-hydrogen) atoms. The topological polar surface area (TPSA) is 82.7 Å². The summed E-state index contributed by atoms with van der Waals surface area (Å²) in [5.74, 6) is -0.448. The second-order valence-electron chi connectivity index (χ2n) is 8.88. The molecule has 1 fully saturated rings. The molecule has 1 saturated heterocycles. The minimum Gasteiger partial charge on any atom is -0.353 e. The highest BCUT2D eigenvalue weighted by Crippen LogP contribution is 2.37. The highest BCUT2D eigenvalue weighted by Gasteiger charge is 2.18. The van der Waals surface area contributed by atoms with E-state index in [0.717, 1.165) is 58.9 Å². The van der Waals surface area contributed by atoms with Crippen LogP contribution in [0.1, 0.15) is 29.6 Å². The van der Waals surface area contributed by atoms with Gasteiger partial charge in [0, 0.05) is 45.4 Å². The van der Waals surface area contributed by atoms with Crippen LogP contribution in [-0.4, -0.2) is 33.6 Å². The molecular weight excluding hydrogens is 441 g/mol. The number of H-pyrrole nitrogens is 1. The Morgan fingerprint density at radius 3 is 2.66 bits per heavy atom. The molecular formula is C28H24FN5O. The third-order valence-electron chi connectivity index (χ3n) is 6.61. The van der Waals surface area contributed by atoms with Crippen molar-refractivity contribution in [2.45, 2.75) is 25.4 Å². The predicted molar refractivity (Wildman–Crippen MR) is 135 cm³/mol. The third-order valence-corrected chi connectivity index (χ3v) is 6.61. The summed E-state index contributed by atoms with van der Waals surface area (Å²) in [5, 5.41) is 8.03. The maximum absolute atomic E-state index is 15.3. The minimum absolute atomic E-state index is 0.00374. The minimum atomic E-state index is -0.318. The normalized spacial score (nSPS) is 16.0. The summed E-state index contributed by atoms with van der Waals surface area (Å²) in [5.41, 5.74) is 5.08. The van der Waals surface area contributed by atoms with E-state index in [1.54, 1.807) is 36.8 Å². The van der Waals surface area contributed by atoms with Crippen LogP contribution in [0.3, 0.4) is 0 Å². The van der Waals surface area contributed by atoms with Gasteiger partial charge in [-0.25, -0.2) is 4.39 Å². The van der Waals surface area contributed by atoms with Gasteiger partial charge in [0.15, 0.2) is 0 Å². The van der Waals surface area contributed by atoms with Crippen LogP contribution in [0.15, 0.2) is 73.2 Å². The van der Waals surface area contributed by atoms with Crippen LogP contribution in [0.25, 0.3) is 44.2 Å². The van der Waals surface area contributed by atoms with Crippen molar-refractivity contribution in [1.29, 1.82) is 0 Å². The summed E-state index contributed by atoms with van der Waals surface area (Å²) in [6, 6.07) is 16.1. The van der Waals surface area contributed by atoms with Crippen LogP contribution in [-0.2, 0) is 0 Å². The standard InChI is InChI=1S/C28H24FN5O/c29-21-10-11-22-27(20-14-23(32-16-24(20)33-22)19-4-3-12-30-15-19)26(21)17-6-8-18(9-7-17)28(35)34-25-5-1-2-13-31-25/h3-4,6-12,14-16,25,31,33H,1-2,5,13H2,(H,34,35). The number of benzene rings is 2. The molecule has 0 saturated carbocycles. The molecule has 1 aliphatic rings. The molecule has 2 aromatic carbocycles. The van der Waals surface area contributed by atoms with Gasteiger partial charge in [-0.1, -0.05) is 12.1 Å². The van der Waals surface area contributed by atoms with Gasteiger partial charge < -0.3 is 10.3 Å². The average Bonchev–Trinajstić information content (AvgIpc) is 3.28. The third kappa shape index (κ3) is 4.04. The number of piperidine rings is 1. The summed E-state index contributed by atoms with van der Waals surface area (Å²) in [7, 11) is 0. The molecule has 4 heterocycles. The SMILES string of the molecule is O=C(NC1CCCCN1)c1ccc(-c2c(F)ccc3[nH]c4cnc(-c5cccnc5)cc4c23)cc1. The molecule has 0 spiro atoms. The van der Waals surface area contributed by atoms with Gasteiger partial charge in [-0.15, -0.1) is 0 Å². The van der Waals surface area contributed by atoms with E-state index >= 15 is 4.39 Å². The largest absolute Gasteiger partial charge is 0.353 e. The number of halogens is 1. The Kier molecular flexibility index (Phi) is 5.47. The Labute approximate surface area is 201 Å². The molecule has 0 radical (unpaired) electrons. The lowest BCUT2D eigenvalue weighted by Gasteiger charge is -2.24. The number of pyridine rings is 2. The number of carbonyl (C=O) groups excluding carboxylic acids is 1. The van der Waals surface area contributed by atoms with Gasteiger partial charge in [0.1, 0.15) is 5.82 Å². The van der Waals surface area contributed by atoms with Gasteiger partial charge in [-0.3, -0.25) is 20.1 Å². The lowest BCUT2D eigenvalue weighted by molar-refractivity contribution is 0.0921. The number of nitrogens with zero attached hydrogens (tertiary/aromatic N) is 2. The van der Waals surface area contributed by atoms with Crippen LogP contribution in [0.4, 0.5) is 4.39 Å². The van der Waals surface area contributed by atoms with Crippen molar-refractivity contribution in [3.05, 3.63) is 84.6 Å². The predicted octanol–water partition coefficient (Wildman–Crippen LogP) is 5.41. The van der Waals surface area contributed by atoms with E-state index in [9.17, 15) is 4.79 Å². The van der Waals surface area contributed by atoms with Crippen molar-refractivity contribution in [2.75, 3.05) is 6.54 Å². The molecule has 3 N–H and O–H groups in total. The molecule has 1 unspecified atom stereocenters. The summed E-state index contributed by atoms with van der Waals surface area (Å²) in [6.45, 7) is 0.913. The fourth-order valence-electron chi connectivity index (χ4n) is 4.83. The maximum atomic E-state index is 15.3. The van der Waals surface area contributed by atoms with E-state index in [4.69, 9.17) is 0 Å². The number of fused-ring (bicyclic) bond motifs is 3. The number of carbonyl (C=O) groups is 1. The molecule has 0 aliphatic carbocycles. The van der Waals surface area contributed by atoms with Crippen LogP contribution in [0.2, 0.25) is 0 Å². The second-order valence-corrected chi connectivity index (χ2v) is 8.88. The zero-order chi connectivity index (χ0) is 23.8. The summed E-state index contributed by atoms with van der Waals surface area (Å²) >= 11 is 0. The van der Waals surface area contributed by atoms with Crippen molar-refractivity contribution in [1.82, 2.24) is 25.6 Å². The molecule has 5 aromatic rings. The van der Waals surface area contributed by atoms with Gasteiger partial charge >= 0.3 is 0 Å². The van der Waals surface area contributed by atoms with Crippen molar-refractivity contribution >= 4 is 27.7 Å². The highest BCUT2D eigenvalue weighted by molar-refractivity contribution is 6.14. The number of hydrogen-bond acceptors (Lipinski definition) is 4.